The molecule has 8 heteroatoms. The van der Waals surface area contributed by atoms with Crippen LogP contribution in [0.3, 0.4) is 0 Å². The van der Waals surface area contributed by atoms with Gasteiger partial charge in [-0.3, -0.25) is 4.79 Å². The fraction of sp³-hybridized carbons (Fsp3) is 0.167. The van der Waals surface area contributed by atoms with Crippen LogP contribution in [0.1, 0.15) is 5.82 Å². The fourth-order valence-corrected chi connectivity index (χ4v) is 3.24. The number of hydrogen-bond acceptors (Lipinski definition) is 4. The number of para-hydroxylation sites is 2. The van der Waals surface area contributed by atoms with Crippen LogP contribution in [0.15, 0.2) is 59.6 Å². The largest absolute Gasteiger partial charge is 0.451 e. The molecule has 0 unspecified atom stereocenters. The molecule has 0 fully saturated rings. The van der Waals surface area contributed by atoms with Crippen LogP contribution in [0.25, 0.3) is 10.9 Å². The summed E-state index contributed by atoms with van der Waals surface area (Å²) in [6.07, 6.45) is -4.65. The number of rotatable bonds is 4. The van der Waals surface area contributed by atoms with E-state index in [1.54, 1.807) is 49.5 Å². The number of hydrogen-bond donors (Lipinski definition) is 0. The van der Waals surface area contributed by atoms with Gasteiger partial charge >= 0.3 is 6.18 Å². The third kappa shape index (κ3) is 3.96. The number of amides is 1. The third-order valence-electron chi connectivity index (χ3n) is 3.67. The molecule has 0 aliphatic rings. The van der Waals surface area contributed by atoms with Gasteiger partial charge in [0.05, 0.1) is 11.3 Å². The Morgan fingerprint density at radius 3 is 2.38 bits per heavy atom. The summed E-state index contributed by atoms with van der Waals surface area (Å²) in [6.45, 7) is 0. The quantitative estimate of drug-likeness (QED) is 0.499. The third-order valence-corrected chi connectivity index (χ3v) is 4.65. The Morgan fingerprint density at radius 2 is 1.69 bits per heavy atom. The van der Waals surface area contributed by atoms with E-state index in [1.807, 2.05) is 6.07 Å². The van der Waals surface area contributed by atoms with E-state index in [0.29, 0.717) is 11.1 Å². The fourth-order valence-electron chi connectivity index (χ4n) is 2.31. The van der Waals surface area contributed by atoms with E-state index in [1.165, 1.54) is 11.0 Å². The van der Waals surface area contributed by atoms with Gasteiger partial charge in [-0.15, -0.1) is 0 Å². The lowest BCUT2D eigenvalue weighted by Gasteiger charge is -2.17. The number of carbonyl (C=O) groups excluding carboxylic acids is 1. The Kier molecular flexibility index (Phi) is 5.13. The highest BCUT2D eigenvalue weighted by molar-refractivity contribution is 8.00. The van der Waals surface area contributed by atoms with Crippen molar-refractivity contribution in [3.05, 3.63) is 60.4 Å². The molecule has 1 heterocycles. The average Bonchev–Trinajstić information content (AvgIpc) is 2.65. The summed E-state index contributed by atoms with van der Waals surface area (Å²) in [5.74, 6) is -1.48. The molecule has 0 spiro atoms. The Hall–Kier alpha value is -2.61. The molecule has 4 nitrogen and oxygen atoms in total. The summed E-state index contributed by atoms with van der Waals surface area (Å²) in [4.78, 5) is 21.0. The first-order valence-corrected chi connectivity index (χ1v) is 8.63. The van der Waals surface area contributed by atoms with Crippen LogP contribution >= 0.6 is 11.8 Å². The summed E-state index contributed by atoms with van der Waals surface area (Å²) in [7, 11) is 1.62. The topological polar surface area (TPSA) is 46.1 Å². The molecule has 2 aromatic carbocycles. The zero-order valence-electron chi connectivity index (χ0n) is 13.7. The second-order valence-corrected chi connectivity index (χ2v) is 6.41. The van der Waals surface area contributed by atoms with Crippen molar-refractivity contribution in [3.8, 4) is 0 Å². The molecule has 0 aliphatic carbocycles. The molecule has 134 valence electrons. The van der Waals surface area contributed by atoms with Crippen LogP contribution in [0.4, 0.5) is 18.9 Å². The smallest absolute Gasteiger partial charge is 0.315 e. The predicted molar refractivity (Wildman–Crippen MR) is 95.1 cm³/mol. The standard InChI is InChI=1S/C18H14F3N3OS/c1-24(12-7-3-2-4-8-12)15(25)11-26-16-13-9-5-6-10-14(13)22-17(23-16)18(19,20)21/h2-10H,11H2,1H3. The lowest BCUT2D eigenvalue weighted by atomic mass is 10.2. The van der Waals surface area contributed by atoms with Gasteiger partial charge in [0.25, 0.3) is 0 Å². The van der Waals surface area contributed by atoms with Crippen molar-refractivity contribution < 1.29 is 18.0 Å². The maximum Gasteiger partial charge on any atom is 0.451 e. The Morgan fingerprint density at radius 1 is 1.04 bits per heavy atom. The normalized spacial score (nSPS) is 11.5. The lowest BCUT2D eigenvalue weighted by molar-refractivity contribution is -0.145. The Bertz CT molecular complexity index is 932. The van der Waals surface area contributed by atoms with E-state index in [0.717, 1.165) is 11.8 Å². The SMILES string of the molecule is CN(C(=O)CSc1nc(C(F)(F)F)nc2ccccc12)c1ccccc1. The molecule has 26 heavy (non-hydrogen) atoms. The number of nitrogens with zero attached hydrogens (tertiary/aromatic N) is 3. The van der Waals surface area contributed by atoms with Crippen molar-refractivity contribution in [2.45, 2.75) is 11.2 Å². The number of anilines is 1. The predicted octanol–water partition coefficient (Wildman–Crippen LogP) is 4.40. The van der Waals surface area contributed by atoms with Crippen LogP contribution in [0.5, 0.6) is 0 Å². The Labute approximate surface area is 152 Å². The van der Waals surface area contributed by atoms with Crippen molar-refractivity contribution >= 4 is 34.3 Å². The van der Waals surface area contributed by atoms with Gasteiger partial charge in [-0.05, 0) is 18.2 Å². The molecule has 0 saturated carbocycles. The van der Waals surface area contributed by atoms with E-state index in [9.17, 15) is 18.0 Å². The number of carbonyl (C=O) groups is 1. The molecule has 0 aliphatic heterocycles. The van der Waals surface area contributed by atoms with E-state index in [2.05, 4.69) is 9.97 Å². The van der Waals surface area contributed by atoms with Crippen LogP contribution < -0.4 is 4.90 Å². The second-order valence-electron chi connectivity index (χ2n) is 5.44. The zero-order valence-corrected chi connectivity index (χ0v) is 14.5. The molecular weight excluding hydrogens is 363 g/mol. The highest BCUT2D eigenvalue weighted by Crippen LogP contribution is 2.32. The first kappa shape index (κ1) is 18.2. The van der Waals surface area contributed by atoms with E-state index in [-0.39, 0.29) is 22.2 Å². The van der Waals surface area contributed by atoms with Crippen LogP contribution in [-0.2, 0) is 11.0 Å². The molecule has 0 radical (unpaired) electrons. The minimum atomic E-state index is -4.65. The Balaban J connectivity index is 1.85. The van der Waals surface area contributed by atoms with Crippen molar-refractivity contribution in [2.75, 3.05) is 17.7 Å². The van der Waals surface area contributed by atoms with Crippen LogP contribution in [0.2, 0.25) is 0 Å². The van der Waals surface area contributed by atoms with Gasteiger partial charge in [0.2, 0.25) is 11.7 Å². The van der Waals surface area contributed by atoms with Gasteiger partial charge in [-0.25, -0.2) is 9.97 Å². The number of aromatic nitrogens is 2. The van der Waals surface area contributed by atoms with Gasteiger partial charge in [0, 0.05) is 18.1 Å². The summed E-state index contributed by atoms with van der Waals surface area (Å²) >= 11 is 0.969. The van der Waals surface area contributed by atoms with Crippen molar-refractivity contribution in [1.29, 1.82) is 0 Å². The minimum absolute atomic E-state index is 0.0380. The minimum Gasteiger partial charge on any atom is -0.315 e. The highest BCUT2D eigenvalue weighted by atomic mass is 32.2. The number of benzene rings is 2. The zero-order chi connectivity index (χ0) is 18.7. The van der Waals surface area contributed by atoms with Gasteiger partial charge in [-0.2, -0.15) is 13.2 Å². The van der Waals surface area contributed by atoms with E-state index < -0.39 is 12.0 Å². The van der Waals surface area contributed by atoms with Gasteiger partial charge in [0.1, 0.15) is 5.03 Å². The maximum absolute atomic E-state index is 13.0. The maximum atomic E-state index is 13.0. The number of halogens is 3. The first-order chi connectivity index (χ1) is 12.4. The van der Waals surface area contributed by atoms with Crippen LogP contribution in [-0.4, -0.2) is 28.7 Å². The molecule has 3 rings (SSSR count). The molecule has 1 amide bonds. The molecule has 1 aromatic heterocycles. The van der Waals surface area contributed by atoms with Crippen molar-refractivity contribution in [2.24, 2.45) is 0 Å². The highest BCUT2D eigenvalue weighted by Gasteiger charge is 2.35. The number of fused-ring (bicyclic) bond motifs is 1. The molecule has 0 N–H and O–H groups in total. The molecular formula is C18H14F3N3OS. The molecule has 0 atom stereocenters. The van der Waals surface area contributed by atoms with Crippen molar-refractivity contribution in [1.82, 2.24) is 9.97 Å². The van der Waals surface area contributed by atoms with Gasteiger partial charge in [-0.1, -0.05) is 48.2 Å². The lowest BCUT2D eigenvalue weighted by Crippen LogP contribution is -2.27. The monoisotopic (exact) mass is 377 g/mol. The second kappa shape index (κ2) is 7.33. The number of thioether (sulfide) groups is 1. The van der Waals surface area contributed by atoms with Crippen LogP contribution in [0, 0.1) is 0 Å². The summed E-state index contributed by atoms with van der Waals surface area (Å²) < 4.78 is 39.1. The first-order valence-electron chi connectivity index (χ1n) is 7.64. The van der Waals surface area contributed by atoms with Crippen molar-refractivity contribution in [3.63, 3.8) is 0 Å². The summed E-state index contributed by atoms with van der Waals surface area (Å²) in [5, 5.41) is 0.624. The number of alkyl halides is 3. The molecule has 0 bridgehead atoms. The van der Waals surface area contributed by atoms with E-state index >= 15 is 0 Å². The molecule has 0 saturated heterocycles. The van der Waals surface area contributed by atoms with E-state index in [4.69, 9.17) is 0 Å². The van der Waals surface area contributed by atoms with Gasteiger partial charge in [0.15, 0.2) is 0 Å². The molecule has 3 aromatic rings. The summed E-state index contributed by atoms with van der Waals surface area (Å²) in [6, 6.07) is 15.5. The average molecular weight is 377 g/mol. The van der Waals surface area contributed by atoms with Gasteiger partial charge < -0.3 is 4.90 Å². The summed E-state index contributed by atoms with van der Waals surface area (Å²) in [5.41, 5.74) is 0.905.